The van der Waals surface area contributed by atoms with Crippen LogP contribution in [0.25, 0.3) is 0 Å². The van der Waals surface area contributed by atoms with E-state index in [1.807, 2.05) is 27.7 Å². The van der Waals surface area contributed by atoms with E-state index in [1.54, 1.807) is 0 Å². The quantitative estimate of drug-likeness (QED) is 0.198. The number of aliphatic hydroxyl groups is 2. The molecule has 4 nitrogen and oxygen atoms in total. The van der Waals surface area contributed by atoms with Crippen molar-refractivity contribution in [2.24, 2.45) is 11.8 Å². The standard InChI is InChI=1S/C21H38O3.2C2H6.CH4O/c1-3-4-5-6-7-8-12-19-15-18(16-20(19)22)14-17(2)11-9-10-13-21(23)24;3*1-2/h18-20,22H,2-16H2,1H3,(H,23,24);2*1-2H3;2H,1H3/t18-,19?,20-;;;/m1.../s1. The average Bonchev–Trinajstić information content (AvgIpc) is 3.11. The Morgan fingerprint density at radius 1 is 0.867 bits per heavy atom. The van der Waals surface area contributed by atoms with E-state index in [4.69, 9.17) is 10.2 Å². The number of carboxylic acids is 1. The Morgan fingerprint density at radius 3 is 1.97 bits per heavy atom. The van der Waals surface area contributed by atoms with Gasteiger partial charge in [-0.15, -0.1) is 0 Å². The van der Waals surface area contributed by atoms with E-state index in [9.17, 15) is 9.90 Å². The van der Waals surface area contributed by atoms with Crippen molar-refractivity contribution in [3.8, 4) is 0 Å². The third-order valence-corrected chi connectivity index (χ3v) is 5.43. The van der Waals surface area contributed by atoms with Gasteiger partial charge in [-0.2, -0.15) is 0 Å². The zero-order valence-corrected chi connectivity index (χ0v) is 21.1. The van der Waals surface area contributed by atoms with Crippen LogP contribution in [0.4, 0.5) is 0 Å². The second-order valence-corrected chi connectivity index (χ2v) is 7.78. The van der Waals surface area contributed by atoms with Crippen molar-refractivity contribution >= 4 is 5.97 Å². The van der Waals surface area contributed by atoms with E-state index < -0.39 is 5.97 Å². The molecular weight excluding hydrogens is 376 g/mol. The van der Waals surface area contributed by atoms with Gasteiger partial charge in [0.1, 0.15) is 0 Å². The van der Waals surface area contributed by atoms with Crippen LogP contribution in [0.15, 0.2) is 12.2 Å². The minimum Gasteiger partial charge on any atom is -0.481 e. The maximum Gasteiger partial charge on any atom is 0.303 e. The third kappa shape index (κ3) is 20.4. The molecule has 0 aromatic heterocycles. The van der Waals surface area contributed by atoms with E-state index in [2.05, 4.69) is 13.5 Å². The first-order valence-electron chi connectivity index (χ1n) is 12.5. The minimum atomic E-state index is -0.711. The molecule has 30 heavy (non-hydrogen) atoms. The summed E-state index contributed by atoms with van der Waals surface area (Å²) in [5.74, 6) is 0.357. The summed E-state index contributed by atoms with van der Waals surface area (Å²) in [6.07, 6.45) is 14.9. The summed E-state index contributed by atoms with van der Waals surface area (Å²) in [5, 5.41) is 25.9. The molecule has 0 spiro atoms. The van der Waals surface area contributed by atoms with Gasteiger partial charge in [-0.3, -0.25) is 4.79 Å². The van der Waals surface area contributed by atoms with Crippen molar-refractivity contribution in [2.45, 2.75) is 131 Å². The summed E-state index contributed by atoms with van der Waals surface area (Å²) in [7, 11) is 1.00. The Hall–Kier alpha value is -0.870. The molecule has 0 aromatic rings. The number of rotatable bonds is 14. The fourth-order valence-corrected chi connectivity index (χ4v) is 4.04. The number of carbonyl (C=O) groups is 1. The lowest BCUT2D eigenvalue weighted by atomic mass is 9.93. The second kappa shape index (κ2) is 26.2. The molecule has 1 aliphatic carbocycles. The predicted molar refractivity (Wildman–Crippen MR) is 131 cm³/mol. The fourth-order valence-electron chi connectivity index (χ4n) is 4.04. The maximum atomic E-state index is 10.5. The highest BCUT2D eigenvalue weighted by molar-refractivity contribution is 5.66. The SMILES string of the molecule is C=C(CCCCC(=O)O)C[C@@H]1CC(CCCCCCCC)[C@H](O)C1.CC.CC.CO. The molecule has 1 aliphatic rings. The summed E-state index contributed by atoms with van der Waals surface area (Å²) in [6, 6.07) is 0. The van der Waals surface area contributed by atoms with Crippen LogP contribution in [0.1, 0.15) is 125 Å². The lowest BCUT2D eigenvalue weighted by Crippen LogP contribution is -2.12. The van der Waals surface area contributed by atoms with Crippen molar-refractivity contribution in [2.75, 3.05) is 7.11 Å². The molecule has 0 aromatic carbocycles. The highest BCUT2D eigenvalue weighted by atomic mass is 16.4. The van der Waals surface area contributed by atoms with Crippen LogP contribution in [0.3, 0.4) is 0 Å². The van der Waals surface area contributed by atoms with Gasteiger partial charge >= 0.3 is 5.97 Å². The average molecular weight is 431 g/mol. The molecule has 0 saturated heterocycles. The number of aliphatic carboxylic acids is 1. The van der Waals surface area contributed by atoms with Crippen molar-refractivity contribution < 1.29 is 20.1 Å². The molecule has 0 aliphatic heterocycles. The largest absolute Gasteiger partial charge is 0.481 e. The minimum absolute atomic E-state index is 0.120. The summed E-state index contributed by atoms with van der Waals surface area (Å²) in [5.41, 5.74) is 1.23. The summed E-state index contributed by atoms with van der Waals surface area (Å²) >= 11 is 0. The number of unbranched alkanes of at least 4 members (excludes halogenated alkanes) is 6. The molecule has 3 atom stereocenters. The zero-order chi connectivity index (χ0) is 23.8. The van der Waals surface area contributed by atoms with E-state index in [1.165, 1.54) is 50.5 Å². The second-order valence-electron chi connectivity index (χ2n) is 7.78. The van der Waals surface area contributed by atoms with Crippen molar-refractivity contribution in [1.82, 2.24) is 0 Å². The topological polar surface area (TPSA) is 77.8 Å². The molecule has 1 fully saturated rings. The van der Waals surface area contributed by atoms with Crippen LogP contribution in [-0.4, -0.2) is 34.5 Å². The zero-order valence-electron chi connectivity index (χ0n) is 21.1. The van der Waals surface area contributed by atoms with E-state index in [0.29, 0.717) is 11.8 Å². The smallest absolute Gasteiger partial charge is 0.303 e. The maximum absolute atomic E-state index is 10.5. The normalized spacial score (nSPS) is 19.4. The van der Waals surface area contributed by atoms with Crippen LogP contribution >= 0.6 is 0 Å². The van der Waals surface area contributed by atoms with Crippen LogP contribution in [-0.2, 0) is 4.79 Å². The van der Waals surface area contributed by atoms with Crippen LogP contribution in [0, 0.1) is 11.8 Å². The van der Waals surface area contributed by atoms with Gasteiger partial charge in [-0.25, -0.2) is 0 Å². The molecule has 1 unspecified atom stereocenters. The fraction of sp³-hybridized carbons (Fsp3) is 0.885. The molecular formula is C26H54O4. The molecule has 1 rings (SSSR count). The number of hydrogen-bond donors (Lipinski definition) is 3. The lowest BCUT2D eigenvalue weighted by molar-refractivity contribution is -0.137. The highest BCUT2D eigenvalue weighted by Crippen LogP contribution is 2.38. The Balaban J connectivity index is -0.00000111. The van der Waals surface area contributed by atoms with Crippen LogP contribution in [0.5, 0.6) is 0 Å². The van der Waals surface area contributed by atoms with E-state index in [-0.39, 0.29) is 12.5 Å². The van der Waals surface area contributed by atoms with E-state index in [0.717, 1.165) is 45.6 Å². The number of hydrogen-bond acceptors (Lipinski definition) is 3. The van der Waals surface area contributed by atoms with Gasteiger partial charge < -0.3 is 15.3 Å². The first kappa shape index (κ1) is 33.8. The van der Waals surface area contributed by atoms with Gasteiger partial charge in [-0.05, 0) is 56.8 Å². The van der Waals surface area contributed by atoms with Gasteiger partial charge in [0.2, 0.25) is 0 Å². The lowest BCUT2D eigenvalue weighted by Gasteiger charge is -2.14. The molecule has 182 valence electrons. The van der Waals surface area contributed by atoms with Gasteiger partial charge in [0, 0.05) is 13.5 Å². The Labute approximate surface area is 188 Å². The monoisotopic (exact) mass is 430 g/mol. The molecule has 0 radical (unpaired) electrons. The molecule has 0 bridgehead atoms. The summed E-state index contributed by atoms with van der Waals surface area (Å²) < 4.78 is 0. The third-order valence-electron chi connectivity index (χ3n) is 5.43. The van der Waals surface area contributed by atoms with Gasteiger partial charge in [0.15, 0.2) is 0 Å². The molecule has 0 amide bonds. The molecule has 3 N–H and O–H groups in total. The number of allylic oxidation sites excluding steroid dienone is 1. The Kier molecular flexibility index (Phi) is 29.4. The molecule has 4 heteroatoms. The summed E-state index contributed by atoms with van der Waals surface area (Å²) in [6.45, 7) is 14.4. The van der Waals surface area contributed by atoms with Gasteiger partial charge in [0.05, 0.1) is 6.10 Å². The predicted octanol–water partition coefficient (Wildman–Crippen LogP) is 7.38. The Bertz CT molecular complexity index is 368. The number of aliphatic hydroxyl groups excluding tert-OH is 2. The van der Waals surface area contributed by atoms with Gasteiger partial charge in [-0.1, -0.05) is 85.3 Å². The number of carboxylic acid groups (broad SMARTS) is 1. The molecule has 0 heterocycles. The Morgan fingerprint density at radius 2 is 1.40 bits per heavy atom. The summed E-state index contributed by atoms with van der Waals surface area (Å²) in [4.78, 5) is 10.5. The first-order chi connectivity index (χ1) is 14.5. The van der Waals surface area contributed by atoms with Crippen LogP contribution in [0.2, 0.25) is 0 Å². The highest BCUT2D eigenvalue weighted by Gasteiger charge is 2.32. The van der Waals surface area contributed by atoms with Crippen LogP contribution < -0.4 is 0 Å². The molecule has 1 saturated carbocycles. The first-order valence-corrected chi connectivity index (χ1v) is 12.5. The van der Waals surface area contributed by atoms with Crippen molar-refractivity contribution in [1.29, 1.82) is 0 Å². The van der Waals surface area contributed by atoms with Crippen molar-refractivity contribution in [3.63, 3.8) is 0 Å². The van der Waals surface area contributed by atoms with Gasteiger partial charge in [0.25, 0.3) is 0 Å². The van der Waals surface area contributed by atoms with E-state index >= 15 is 0 Å². The van der Waals surface area contributed by atoms with Crippen molar-refractivity contribution in [3.05, 3.63) is 12.2 Å².